The first-order valence-electron chi connectivity index (χ1n) is 11.5. The standard InChI is InChI=1S/C17H19NO.C11H16N4O/c1-3-9-14(2)17(19,15-10-5-4-6-11-15)16-12-7-8-13-18-16;1-7(2)8(3)6-10(9(4)16-5)11-12-14-15-13-11/h4-8,10-13,19H,2-3,9H2,1H3;6H,4H2,1-3,5H3,(H,12,13,14,15)/b;10-6+. The van der Waals surface area contributed by atoms with Crippen LogP contribution >= 0.6 is 0 Å². The molecule has 0 fully saturated rings. The van der Waals surface area contributed by atoms with Gasteiger partial charge in [0.1, 0.15) is 5.76 Å². The topological polar surface area (TPSA) is 96.8 Å². The van der Waals surface area contributed by atoms with Crippen molar-refractivity contribution in [1.82, 2.24) is 25.6 Å². The average molecular weight is 474 g/mol. The lowest BCUT2D eigenvalue weighted by Gasteiger charge is -2.30. The van der Waals surface area contributed by atoms with Gasteiger partial charge in [-0.3, -0.25) is 4.98 Å². The number of hydrogen-bond donors (Lipinski definition) is 2. The van der Waals surface area contributed by atoms with E-state index in [0.29, 0.717) is 17.3 Å². The molecule has 35 heavy (non-hydrogen) atoms. The van der Waals surface area contributed by atoms with Crippen LogP contribution in [-0.4, -0.2) is 37.8 Å². The molecule has 7 nitrogen and oxygen atoms in total. The number of ether oxygens (including phenoxy) is 1. The number of tetrazole rings is 1. The molecule has 0 saturated carbocycles. The molecule has 0 saturated heterocycles. The molecule has 0 bridgehead atoms. The predicted octanol–water partition coefficient (Wildman–Crippen LogP) is 5.77. The van der Waals surface area contributed by atoms with Crippen LogP contribution in [0.4, 0.5) is 0 Å². The number of aliphatic hydroxyl groups is 1. The summed E-state index contributed by atoms with van der Waals surface area (Å²) in [6.07, 6.45) is 5.34. The molecule has 1 aromatic carbocycles. The Hall–Kier alpha value is -3.84. The molecule has 2 heterocycles. The molecule has 0 aliphatic heterocycles. The quantitative estimate of drug-likeness (QED) is 0.232. The molecular formula is C28H35N5O2. The van der Waals surface area contributed by atoms with Crippen molar-refractivity contribution >= 4 is 5.57 Å². The van der Waals surface area contributed by atoms with Crippen LogP contribution in [0.1, 0.15) is 57.6 Å². The highest BCUT2D eigenvalue weighted by Crippen LogP contribution is 2.36. The van der Waals surface area contributed by atoms with Gasteiger partial charge in [-0.25, -0.2) is 0 Å². The molecule has 2 aromatic heterocycles. The molecule has 3 aromatic rings. The van der Waals surface area contributed by atoms with Crippen LogP contribution in [0.3, 0.4) is 0 Å². The minimum absolute atomic E-state index is 0.479. The molecule has 2 N–H and O–H groups in total. The normalized spacial score (nSPS) is 12.6. The van der Waals surface area contributed by atoms with Crippen LogP contribution in [0.5, 0.6) is 0 Å². The average Bonchev–Trinajstić information content (AvgIpc) is 3.42. The van der Waals surface area contributed by atoms with Gasteiger partial charge in [0.2, 0.25) is 5.82 Å². The van der Waals surface area contributed by atoms with Gasteiger partial charge in [0.05, 0.1) is 18.4 Å². The molecule has 7 heteroatoms. The van der Waals surface area contributed by atoms with E-state index in [1.54, 1.807) is 13.3 Å². The fraction of sp³-hybridized carbons (Fsp3) is 0.286. The van der Waals surface area contributed by atoms with Crippen molar-refractivity contribution in [3.63, 3.8) is 0 Å². The lowest BCUT2D eigenvalue weighted by Crippen LogP contribution is -2.30. The second kappa shape index (κ2) is 13.2. The van der Waals surface area contributed by atoms with E-state index in [2.05, 4.69) is 45.7 Å². The maximum Gasteiger partial charge on any atom is 0.208 e. The molecule has 3 rings (SSSR count). The van der Waals surface area contributed by atoms with Crippen LogP contribution in [0.2, 0.25) is 0 Å². The molecular weight excluding hydrogens is 438 g/mol. The first kappa shape index (κ1) is 27.4. The lowest BCUT2D eigenvalue weighted by atomic mass is 9.81. The van der Waals surface area contributed by atoms with Gasteiger partial charge in [-0.05, 0) is 61.8 Å². The van der Waals surface area contributed by atoms with Crippen LogP contribution in [0.15, 0.2) is 96.4 Å². The summed E-state index contributed by atoms with van der Waals surface area (Å²) in [5, 5.41) is 25.0. The third-order valence-corrected chi connectivity index (χ3v) is 5.57. The van der Waals surface area contributed by atoms with E-state index in [0.717, 1.165) is 35.1 Å². The van der Waals surface area contributed by atoms with Crippen molar-refractivity contribution in [3.05, 3.63) is 114 Å². The third kappa shape index (κ3) is 7.07. The number of aromatic amines is 1. The smallest absolute Gasteiger partial charge is 0.208 e. The zero-order chi connectivity index (χ0) is 25.8. The van der Waals surface area contributed by atoms with E-state index in [-0.39, 0.29) is 0 Å². The van der Waals surface area contributed by atoms with E-state index in [1.165, 1.54) is 5.57 Å². The Morgan fingerprint density at radius 3 is 2.29 bits per heavy atom. The number of H-pyrrole nitrogens is 1. The number of aromatic nitrogens is 5. The molecule has 0 aliphatic carbocycles. The van der Waals surface area contributed by atoms with Crippen LogP contribution < -0.4 is 0 Å². The van der Waals surface area contributed by atoms with Gasteiger partial charge in [-0.2, -0.15) is 5.21 Å². The number of rotatable bonds is 9. The lowest BCUT2D eigenvalue weighted by molar-refractivity contribution is 0.112. The summed E-state index contributed by atoms with van der Waals surface area (Å²) < 4.78 is 5.11. The van der Waals surface area contributed by atoms with Gasteiger partial charge in [0, 0.05) is 6.20 Å². The van der Waals surface area contributed by atoms with Gasteiger partial charge in [0.15, 0.2) is 5.60 Å². The van der Waals surface area contributed by atoms with Crippen molar-refractivity contribution in [3.8, 4) is 0 Å². The number of methoxy groups -OCH3 is 1. The SMILES string of the molecule is C=C(CCC)C(O)(c1ccccc1)c1ccccn1.C=C(OC)/C(=C\C(C)=C(C)C)c1nn[nH]n1. The van der Waals surface area contributed by atoms with Crippen LogP contribution in [0, 0.1) is 0 Å². The number of nitrogens with zero attached hydrogens (tertiary/aromatic N) is 4. The second-order valence-corrected chi connectivity index (χ2v) is 8.25. The summed E-state index contributed by atoms with van der Waals surface area (Å²) in [4.78, 5) is 4.32. The van der Waals surface area contributed by atoms with E-state index in [9.17, 15) is 5.11 Å². The van der Waals surface area contributed by atoms with E-state index in [4.69, 9.17) is 4.74 Å². The summed E-state index contributed by atoms with van der Waals surface area (Å²) in [5.74, 6) is 0.995. The molecule has 0 spiro atoms. The largest absolute Gasteiger partial charge is 0.497 e. The minimum atomic E-state index is -1.21. The maximum atomic E-state index is 11.2. The maximum absolute atomic E-state index is 11.2. The number of pyridine rings is 1. The van der Waals surface area contributed by atoms with Crippen molar-refractivity contribution in [2.24, 2.45) is 0 Å². The van der Waals surface area contributed by atoms with Crippen molar-refractivity contribution in [1.29, 1.82) is 0 Å². The molecule has 0 amide bonds. The summed E-state index contributed by atoms with van der Waals surface area (Å²) in [6.45, 7) is 16.1. The monoisotopic (exact) mass is 473 g/mol. The Morgan fingerprint density at radius 1 is 1.09 bits per heavy atom. The molecule has 0 aliphatic rings. The fourth-order valence-electron chi connectivity index (χ4n) is 3.29. The van der Waals surface area contributed by atoms with Crippen molar-refractivity contribution in [2.75, 3.05) is 7.11 Å². The van der Waals surface area contributed by atoms with Gasteiger partial charge in [-0.1, -0.05) is 74.0 Å². The predicted molar refractivity (Wildman–Crippen MR) is 140 cm³/mol. The van der Waals surface area contributed by atoms with Crippen molar-refractivity contribution in [2.45, 2.75) is 46.1 Å². The number of hydrogen-bond acceptors (Lipinski definition) is 6. The Bertz CT molecular complexity index is 1110. The zero-order valence-electron chi connectivity index (χ0n) is 21.2. The molecule has 1 unspecified atom stereocenters. The van der Waals surface area contributed by atoms with Gasteiger partial charge in [-0.15, -0.1) is 10.2 Å². The highest BCUT2D eigenvalue weighted by atomic mass is 16.5. The second-order valence-electron chi connectivity index (χ2n) is 8.25. The first-order chi connectivity index (χ1) is 16.7. The fourth-order valence-corrected chi connectivity index (χ4v) is 3.29. The summed E-state index contributed by atoms with van der Waals surface area (Å²) in [7, 11) is 1.56. The third-order valence-electron chi connectivity index (χ3n) is 5.57. The van der Waals surface area contributed by atoms with Crippen LogP contribution in [-0.2, 0) is 10.3 Å². The molecule has 0 radical (unpaired) electrons. The number of benzene rings is 1. The van der Waals surface area contributed by atoms with Gasteiger partial charge < -0.3 is 9.84 Å². The molecule has 184 valence electrons. The zero-order valence-corrected chi connectivity index (χ0v) is 21.2. The molecule has 1 atom stereocenters. The van der Waals surface area contributed by atoms with E-state index in [1.807, 2.05) is 75.4 Å². The first-order valence-corrected chi connectivity index (χ1v) is 11.5. The highest BCUT2D eigenvalue weighted by Gasteiger charge is 2.35. The van der Waals surface area contributed by atoms with Crippen molar-refractivity contribution < 1.29 is 9.84 Å². The van der Waals surface area contributed by atoms with Crippen LogP contribution in [0.25, 0.3) is 5.57 Å². The number of nitrogens with one attached hydrogen (secondary N) is 1. The Labute approximate surface area is 208 Å². The summed E-state index contributed by atoms with van der Waals surface area (Å²) >= 11 is 0. The highest BCUT2D eigenvalue weighted by molar-refractivity contribution is 5.74. The van der Waals surface area contributed by atoms with E-state index < -0.39 is 5.60 Å². The van der Waals surface area contributed by atoms with E-state index >= 15 is 0 Å². The van der Waals surface area contributed by atoms with Gasteiger partial charge in [0.25, 0.3) is 0 Å². The Balaban J connectivity index is 0.000000251. The Morgan fingerprint density at radius 2 is 1.77 bits per heavy atom. The summed E-state index contributed by atoms with van der Waals surface area (Å²) in [5.41, 5.74) is 4.07. The summed E-state index contributed by atoms with van der Waals surface area (Å²) in [6, 6.07) is 15.2. The Kier molecular flexibility index (Phi) is 10.3. The van der Waals surface area contributed by atoms with Gasteiger partial charge >= 0.3 is 0 Å². The minimum Gasteiger partial charge on any atom is -0.497 e. The number of allylic oxidation sites excluding steroid dienone is 4.